The second kappa shape index (κ2) is 5.07. The van der Waals surface area contributed by atoms with Crippen LogP contribution in [0.15, 0.2) is 0 Å². The summed E-state index contributed by atoms with van der Waals surface area (Å²) in [5, 5.41) is 9.63. The van der Waals surface area contributed by atoms with Crippen molar-refractivity contribution in [1.82, 2.24) is 4.90 Å². The predicted octanol–water partition coefficient (Wildman–Crippen LogP) is 2.13. The first kappa shape index (κ1) is 14.0. The highest BCUT2D eigenvalue weighted by atomic mass is 16.4. The Morgan fingerprint density at radius 3 is 2.35 bits per heavy atom. The van der Waals surface area contributed by atoms with E-state index in [0.29, 0.717) is 6.42 Å². The minimum absolute atomic E-state index is 0.0441. The maximum Gasteiger partial charge on any atom is 0.329 e. The van der Waals surface area contributed by atoms with Gasteiger partial charge in [0.25, 0.3) is 0 Å². The molecule has 0 spiro atoms. The lowest BCUT2D eigenvalue weighted by molar-refractivity contribution is -0.166. The molecule has 0 radical (unpaired) electrons. The number of hydrogen-bond donors (Lipinski definition) is 1. The molecule has 2 atom stereocenters. The molecule has 0 saturated heterocycles. The third-order valence-electron chi connectivity index (χ3n) is 4.18. The van der Waals surface area contributed by atoms with E-state index in [-0.39, 0.29) is 17.7 Å². The monoisotopic (exact) mass is 241 g/mol. The third kappa shape index (κ3) is 2.31. The summed E-state index contributed by atoms with van der Waals surface area (Å²) >= 11 is 0. The van der Waals surface area contributed by atoms with E-state index in [1.165, 1.54) is 11.8 Å². The van der Waals surface area contributed by atoms with Gasteiger partial charge in [0.05, 0.1) is 0 Å². The Kier molecular flexibility index (Phi) is 4.17. The molecule has 1 aliphatic carbocycles. The van der Waals surface area contributed by atoms with Gasteiger partial charge in [0.15, 0.2) is 0 Å². The molecule has 1 fully saturated rings. The van der Waals surface area contributed by atoms with Gasteiger partial charge in [-0.2, -0.15) is 0 Å². The number of likely N-dealkylation sites (N-methyl/N-ethyl adjacent to an activating group) is 1. The van der Waals surface area contributed by atoms with Gasteiger partial charge in [-0.3, -0.25) is 4.79 Å². The maximum atomic E-state index is 11.7. The van der Waals surface area contributed by atoms with Crippen molar-refractivity contribution in [2.45, 2.75) is 52.0 Å². The molecule has 1 N–H and O–H groups in total. The van der Waals surface area contributed by atoms with Crippen molar-refractivity contribution in [3.05, 3.63) is 0 Å². The first-order valence-corrected chi connectivity index (χ1v) is 6.31. The van der Waals surface area contributed by atoms with Crippen LogP contribution in [0.2, 0.25) is 0 Å². The smallest absolute Gasteiger partial charge is 0.329 e. The molecular weight excluding hydrogens is 218 g/mol. The highest BCUT2D eigenvalue weighted by Crippen LogP contribution is 2.42. The van der Waals surface area contributed by atoms with Gasteiger partial charge in [-0.1, -0.05) is 26.7 Å². The highest BCUT2D eigenvalue weighted by molar-refractivity contribution is 5.86. The van der Waals surface area contributed by atoms with Crippen molar-refractivity contribution >= 4 is 11.9 Å². The van der Waals surface area contributed by atoms with E-state index in [4.69, 9.17) is 0 Å². The summed E-state index contributed by atoms with van der Waals surface area (Å²) in [6.07, 6.45) is 3.40. The van der Waals surface area contributed by atoms with Crippen molar-refractivity contribution in [2.75, 3.05) is 7.05 Å². The van der Waals surface area contributed by atoms with Gasteiger partial charge >= 0.3 is 5.97 Å². The van der Waals surface area contributed by atoms with Crippen molar-refractivity contribution in [3.63, 3.8) is 0 Å². The van der Waals surface area contributed by atoms with Gasteiger partial charge in [-0.25, -0.2) is 4.79 Å². The SMILES string of the molecule is CC(=O)N(C)C1(C(=O)O)CCCCC1C(C)C. The van der Waals surface area contributed by atoms with E-state index in [2.05, 4.69) is 0 Å². The highest BCUT2D eigenvalue weighted by Gasteiger charge is 2.52. The molecule has 0 aliphatic heterocycles. The molecule has 98 valence electrons. The number of carbonyl (C=O) groups is 2. The number of carbonyl (C=O) groups excluding carboxylic acids is 1. The molecule has 4 nitrogen and oxygen atoms in total. The Balaban J connectivity index is 3.18. The van der Waals surface area contributed by atoms with E-state index < -0.39 is 11.5 Å². The molecule has 2 unspecified atom stereocenters. The van der Waals surface area contributed by atoms with Crippen LogP contribution in [0.3, 0.4) is 0 Å². The van der Waals surface area contributed by atoms with Crippen LogP contribution in [-0.2, 0) is 9.59 Å². The molecule has 0 aromatic heterocycles. The minimum atomic E-state index is -1.00. The lowest BCUT2D eigenvalue weighted by Gasteiger charge is -2.48. The number of carboxylic acid groups (broad SMARTS) is 1. The number of amides is 1. The van der Waals surface area contributed by atoms with Crippen molar-refractivity contribution in [3.8, 4) is 0 Å². The Morgan fingerprint density at radius 1 is 1.35 bits per heavy atom. The maximum absolute atomic E-state index is 11.7. The zero-order valence-corrected chi connectivity index (χ0v) is 11.2. The van der Waals surface area contributed by atoms with Crippen LogP contribution in [0.25, 0.3) is 0 Å². The predicted molar refractivity (Wildman–Crippen MR) is 65.6 cm³/mol. The Morgan fingerprint density at radius 2 is 1.94 bits per heavy atom. The van der Waals surface area contributed by atoms with Crippen LogP contribution in [0.4, 0.5) is 0 Å². The normalized spacial score (nSPS) is 29.1. The third-order valence-corrected chi connectivity index (χ3v) is 4.18. The zero-order chi connectivity index (χ0) is 13.2. The fraction of sp³-hybridized carbons (Fsp3) is 0.846. The molecule has 0 aromatic carbocycles. The lowest BCUT2D eigenvalue weighted by Crippen LogP contribution is -2.61. The minimum Gasteiger partial charge on any atom is -0.479 e. The average molecular weight is 241 g/mol. The van der Waals surface area contributed by atoms with Gasteiger partial charge < -0.3 is 10.0 Å². The summed E-state index contributed by atoms with van der Waals surface area (Å²) < 4.78 is 0. The average Bonchev–Trinajstić information content (AvgIpc) is 2.27. The van der Waals surface area contributed by atoms with Crippen LogP contribution in [0.1, 0.15) is 46.5 Å². The van der Waals surface area contributed by atoms with Gasteiger partial charge in [0, 0.05) is 14.0 Å². The Hall–Kier alpha value is -1.06. The van der Waals surface area contributed by atoms with Crippen LogP contribution in [0.5, 0.6) is 0 Å². The summed E-state index contributed by atoms with van der Waals surface area (Å²) in [6, 6.07) is 0. The molecular formula is C13H23NO3. The molecule has 0 heterocycles. The molecule has 0 aromatic rings. The number of hydrogen-bond acceptors (Lipinski definition) is 2. The molecule has 0 bridgehead atoms. The number of aliphatic carboxylic acids is 1. The van der Waals surface area contributed by atoms with E-state index in [1.54, 1.807) is 7.05 Å². The molecule has 1 amide bonds. The summed E-state index contributed by atoms with van der Waals surface area (Å²) in [4.78, 5) is 24.8. The Labute approximate surface area is 103 Å². The topological polar surface area (TPSA) is 57.6 Å². The van der Waals surface area contributed by atoms with E-state index >= 15 is 0 Å². The van der Waals surface area contributed by atoms with Crippen molar-refractivity contribution in [2.24, 2.45) is 11.8 Å². The quantitative estimate of drug-likeness (QED) is 0.823. The zero-order valence-electron chi connectivity index (χ0n) is 11.2. The van der Waals surface area contributed by atoms with E-state index in [9.17, 15) is 14.7 Å². The molecule has 1 saturated carbocycles. The van der Waals surface area contributed by atoms with Crippen LogP contribution in [-0.4, -0.2) is 34.5 Å². The van der Waals surface area contributed by atoms with Crippen molar-refractivity contribution < 1.29 is 14.7 Å². The van der Waals surface area contributed by atoms with Gasteiger partial charge in [-0.15, -0.1) is 0 Å². The van der Waals surface area contributed by atoms with Gasteiger partial charge in [0.2, 0.25) is 5.91 Å². The van der Waals surface area contributed by atoms with Crippen LogP contribution >= 0.6 is 0 Å². The Bertz CT molecular complexity index is 314. The first-order valence-electron chi connectivity index (χ1n) is 6.31. The van der Waals surface area contributed by atoms with Crippen LogP contribution in [0, 0.1) is 11.8 Å². The van der Waals surface area contributed by atoms with Gasteiger partial charge in [-0.05, 0) is 24.7 Å². The number of nitrogens with zero attached hydrogens (tertiary/aromatic N) is 1. The summed E-state index contributed by atoms with van der Waals surface area (Å²) in [7, 11) is 1.62. The fourth-order valence-corrected chi connectivity index (χ4v) is 3.17. The standard InChI is InChI=1S/C13H23NO3/c1-9(2)11-7-5-6-8-13(11,12(16)17)14(4)10(3)15/h9,11H,5-8H2,1-4H3,(H,16,17). The molecule has 1 rings (SSSR count). The second-order valence-electron chi connectivity index (χ2n) is 5.40. The molecule has 17 heavy (non-hydrogen) atoms. The lowest BCUT2D eigenvalue weighted by atomic mass is 9.67. The van der Waals surface area contributed by atoms with Gasteiger partial charge in [0.1, 0.15) is 5.54 Å². The summed E-state index contributed by atoms with van der Waals surface area (Å²) in [6.45, 7) is 5.53. The largest absolute Gasteiger partial charge is 0.479 e. The van der Waals surface area contributed by atoms with Crippen LogP contribution < -0.4 is 0 Å². The van der Waals surface area contributed by atoms with E-state index in [0.717, 1.165) is 19.3 Å². The second-order valence-corrected chi connectivity index (χ2v) is 5.40. The van der Waals surface area contributed by atoms with E-state index in [1.807, 2.05) is 13.8 Å². The number of carboxylic acids is 1. The number of rotatable bonds is 3. The summed E-state index contributed by atoms with van der Waals surface area (Å²) in [5.74, 6) is -0.704. The molecule has 1 aliphatic rings. The summed E-state index contributed by atoms with van der Waals surface area (Å²) in [5.41, 5.74) is -1.00. The first-order chi connectivity index (χ1) is 7.84. The molecule has 4 heteroatoms. The fourth-order valence-electron chi connectivity index (χ4n) is 3.17. The van der Waals surface area contributed by atoms with Crippen molar-refractivity contribution in [1.29, 1.82) is 0 Å².